The van der Waals surface area contributed by atoms with Crippen molar-refractivity contribution in [1.82, 2.24) is 0 Å². The number of rotatable bonds is 7. The summed E-state index contributed by atoms with van der Waals surface area (Å²) in [7, 11) is 1.37. The van der Waals surface area contributed by atoms with Crippen LogP contribution in [-0.2, 0) is 20.7 Å². The third-order valence-electron chi connectivity index (χ3n) is 4.63. The molecular formula is C19H24O4. The highest BCUT2D eigenvalue weighted by Crippen LogP contribution is 2.43. The van der Waals surface area contributed by atoms with Crippen LogP contribution in [-0.4, -0.2) is 24.0 Å². The molecule has 4 heteroatoms. The molecule has 0 heterocycles. The Hall–Kier alpha value is -2.10. The molecule has 1 aliphatic rings. The van der Waals surface area contributed by atoms with E-state index in [1.165, 1.54) is 7.11 Å². The first-order chi connectivity index (χ1) is 11.1. The quantitative estimate of drug-likeness (QED) is 0.617. The molecular weight excluding hydrogens is 292 g/mol. The molecule has 2 atom stereocenters. The number of hydrogen-bond acceptors (Lipinski definition) is 4. The molecule has 23 heavy (non-hydrogen) atoms. The van der Waals surface area contributed by atoms with Crippen LogP contribution >= 0.6 is 0 Å². The number of carbonyl (C=O) groups excluding carboxylic acids is 2. The highest BCUT2D eigenvalue weighted by molar-refractivity contribution is 5.84. The number of methoxy groups -OCH3 is 1. The minimum Gasteiger partial charge on any atom is -0.507 e. The predicted molar refractivity (Wildman–Crippen MR) is 88.3 cm³/mol. The van der Waals surface area contributed by atoms with Crippen molar-refractivity contribution in [3.63, 3.8) is 0 Å². The van der Waals surface area contributed by atoms with Gasteiger partial charge in [-0.2, -0.15) is 0 Å². The van der Waals surface area contributed by atoms with Gasteiger partial charge in [0.25, 0.3) is 0 Å². The summed E-state index contributed by atoms with van der Waals surface area (Å²) in [6.45, 7) is 3.73. The molecule has 4 nitrogen and oxygen atoms in total. The lowest BCUT2D eigenvalue weighted by Crippen LogP contribution is -2.13. The Morgan fingerprint density at radius 3 is 2.96 bits per heavy atom. The molecule has 0 radical (unpaired) electrons. The summed E-state index contributed by atoms with van der Waals surface area (Å²) in [6.07, 6.45) is 5.34. The van der Waals surface area contributed by atoms with Crippen molar-refractivity contribution < 1.29 is 19.4 Å². The summed E-state index contributed by atoms with van der Waals surface area (Å²) in [5, 5.41) is 10.6. The second kappa shape index (κ2) is 7.95. The normalized spacial score (nSPS) is 20.5. The third kappa shape index (κ3) is 4.01. The van der Waals surface area contributed by atoms with Gasteiger partial charge in [-0.25, -0.2) is 0 Å². The van der Waals surface area contributed by atoms with E-state index in [-0.39, 0.29) is 29.3 Å². The average Bonchev–Trinajstić information content (AvgIpc) is 2.90. The van der Waals surface area contributed by atoms with Gasteiger partial charge in [-0.15, -0.1) is 6.58 Å². The molecule has 0 spiro atoms. The Labute approximate surface area is 137 Å². The Morgan fingerprint density at radius 1 is 1.48 bits per heavy atom. The van der Waals surface area contributed by atoms with Crippen LogP contribution in [0.15, 0.2) is 30.9 Å². The SMILES string of the molecule is C=CC[C@H]1C(=O)CC[C@@H]1c1cccc(CCCC(=O)OC)c1O. The number of phenols is 1. The molecule has 1 N–H and O–H groups in total. The van der Waals surface area contributed by atoms with Crippen molar-refractivity contribution in [3.8, 4) is 5.75 Å². The van der Waals surface area contributed by atoms with E-state index in [1.54, 1.807) is 6.08 Å². The zero-order chi connectivity index (χ0) is 16.8. The lowest BCUT2D eigenvalue weighted by atomic mass is 9.84. The van der Waals surface area contributed by atoms with Crippen molar-refractivity contribution in [2.45, 2.75) is 44.4 Å². The van der Waals surface area contributed by atoms with Gasteiger partial charge in [0.1, 0.15) is 11.5 Å². The van der Waals surface area contributed by atoms with Crippen LogP contribution in [0.5, 0.6) is 5.75 Å². The average molecular weight is 316 g/mol. The lowest BCUT2D eigenvalue weighted by molar-refractivity contribution is -0.140. The van der Waals surface area contributed by atoms with Crippen LogP contribution in [0, 0.1) is 5.92 Å². The van der Waals surface area contributed by atoms with E-state index in [2.05, 4.69) is 11.3 Å². The zero-order valence-corrected chi connectivity index (χ0v) is 13.6. The number of aromatic hydroxyl groups is 1. The van der Waals surface area contributed by atoms with Gasteiger partial charge in [-0.05, 0) is 42.7 Å². The Balaban J connectivity index is 2.14. The topological polar surface area (TPSA) is 63.6 Å². The minimum atomic E-state index is -0.243. The van der Waals surface area contributed by atoms with Crippen LogP contribution in [0.4, 0.5) is 0 Å². The Morgan fingerprint density at radius 2 is 2.26 bits per heavy atom. The number of benzene rings is 1. The molecule has 1 aromatic rings. The number of allylic oxidation sites excluding steroid dienone is 1. The van der Waals surface area contributed by atoms with Gasteiger partial charge < -0.3 is 9.84 Å². The summed E-state index contributed by atoms with van der Waals surface area (Å²) in [6, 6.07) is 5.68. The molecule has 0 bridgehead atoms. The maximum absolute atomic E-state index is 12.0. The monoisotopic (exact) mass is 316 g/mol. The van der Waals surface area contributed by atoms with Crippen LogP contribution in [0.2, 0.25) is 0 Å². The van der Waals surface area contributed by atoms with Gasteiger partial charge in [-0.1, -0.05) is 24.3 Å². The number of hydrogen-bond donors (Lipinski definition) is 1. The largest absolute Gasteiger partial charge is 0.507 e. The first kappa shape index (κ1) is 17.3. The smallest absolute Gasteiger partial charge is 0.305 e. The van der Waals surface area contributed by atoms with Crippen molar-refractivity contribution in [2.75, 3.05) is 7.11 Å². The van der Waals surface area contributed by atoms with Crippen molar-refractivity contribution in [1.29, 1.82) is 0 Å². The van der Waals surface area contributed by atoms with Gasteiger partial charge in [0.2, 0.25) is 0 Å². The molecule has 1 aliphatic carbocycles. The summed E-state index contributed by atoms with van der Waals surface area (Å²) in [5.74, 6) is 0.259. The number of ether oxygens (including phenoxy) is 1. The third-order valence-corrected chi connectivity index (χ3v) is 4.63. The van der Waals surface area contributed by atoms with E-state index in [4.69, 9.17) is 0 Å². The molecule has 1 saturated carbocycles. The van der Waals surface area contributed by atoms with Gasteiger partial charge in [0, 0.05) is 18.8 Å². The molecule has 0 saturated heterocycles. The maximum atomic E-state index is 12.0. The van der Waals surface area contributed by atoms with E-state index in [1.807, 2.05) is 18.2 Å². The van der Waals surface area contributed by atoms with Crippen LogP contribution in [0.1, 0.15) is 49.1 Å². The van der Waals surface area contributed by atoms with E-state index in [0.717, 1.165) is 17.5 Å². The maximum Gasteiger partial charge on any atom is 0.305 e. The summed E-state index contributed by atoms with van der Waals surface area (Å²) in [4.78, 5) is 23.2. The van der Waals surface area contributed by atoms with E-state index < -0.39 is 0 Å². The Kier molecular flexibility index (Phi) is 5.97. The molecule has 0 aromatic heterocycles. The summed E-state index contributed by atoms with van der Waals surface area (Å²) < 4.78 is 4.63. The van der Waals surface area contributed by atoms with Gasteiger partial charge >= 0.3 is 5.97 Å². The molecule has 0 amide bonds. The number of ketones is 1. The zero-order valence-electron chi connectivity index (χ0n) is 13.6. The lowest BCUT2D eigenvalue weighted by Gasteiger charge is -2.20. The van der Waals surface area contributed by atoms with E-state index in [9.17, 15) is 14.7 Å². The first-order valence-corrected chi connectivity index (χ1v) is 8.09. The van der Waals surface area contributed by atoms with Gasteiger partial charge in [0.15, 0.2) is 0 Å². The molecule has 0 aliphatic heterocycles. The van der Waals surface area contributed by atoms with Gasteiger partial charge in [0.05, 0.1) is 7.11 Å². The molecule has 1 aromatic carbocycles. The Bertz CT molecular complexity index is 591. The van der Waals surface area contributed by atoms with Gasteiger partial charge in [-0.3, -0.25) is 9.59 Å². The number of para-hydroxylation sites is 1. The number of carbonyl (C=O) groups is 2. The fourth-order valence-electron chi connectivity index (χ4n) is 3.39. The van der Waals surface area contributed by atoms with Crippen molar-refractivity contribution in [2.24, 2.45) is 5.92 Å². The van der Waals surface area contributed by atoms with Crippen molar-refractivity contribution >= 4 is 11.8 Å². The highest BCUT2D eigenvalue weighted by Gasteiger charge is 2.36. The second-order valence-electron chi connectivity index (χ2n) is 6.03. The van der Waals surface area contributed by atoms with Crippen molar-refractivity contribution in [3.05, 3.63) is 42.0 Å². The predicted octanol–water partition coefficient (Wildman–Crippen LogP) is 3.53. The number of aryl methyl sites for hydroxylation is 1. The summed E-state index contributed by atoms with van der Waals surface area (Å²) >= 11 is 0. The van der Waals surface area contributed by atoms with Crippen LogP contribution < -0.4 is 0 Å². The number of phenolic OH excluding ortho intramolecular Hbond substituents is 1. The highest BCUT2D eigenvalue weighted by atomic mass is 16.5. The van der Waals surface area contributed by atoms with E-state index in [0.29, 0.717) is 32.1 Å². The molecule has 1 fully saturated rings. The minimum absolute atomic E-state index is 0.0565. The van der Waals surface area contributed by atoms with E-state index >= 15 is 0 Å². The standard InChI is InChI=1S/C19H24O4/c1-3-6-15-14(11-12-17(15)20)16-9-4-7-13(19(16)22)8-5-10-18(21)23-2/h3-4,7,9,14-15,22H,1,5-6,8,10-12H2,2H3/t14-,15+/m0/s1. The molecule has 2 rings (SSSR count). The number of Topliss-reactive ketones (excluding diaryl/α,β-unsaturated/α-hetero) is 1. The first-order valence-electron chi connectivity index (χ1n) is 8.09. The second-order valence-corrected chi connectivity index (χ2v) is 6.03. The van der Waals surface area contributed by atoms with Crippen LogP contribution in [0.3, 0.4) is 0 Å². The fraction of sp³-hybridized carbons (Fsp3) is 0.474. The van der Waals surface area contributed by atoms with Crippen LogP contribution in [0.25, 0.3) is 0 Å². The molecule has 0 unspecified atom stereocenters. The number of esters is 1. The summed E-state index contributed by atoms with van der Waals surface area (Å²) in [5.41, 5.74) is 1.67. The molecule has 124 valence electrons. The fourth-order valence-corrected chi connectivity index (χ4v) is 3.39.